The topological polar surface area (TPSA) is 174 Å². The number of phenols is 3. The number of nitrogens with one attached hydrogen (secondary N) is 2. The van der Waals surface area contributed by atoms with Crippen LogP contribution in [0.3, 0.4) is 0 Å². The number of Topliss-reactive ketones (excluding diaryl/α,β-unsaturated/α-hetero) is 3. The predicted molar refractivity (Wildman–Crippen MR) is 166 cm³/mol. The van der Waals surface area contributed by atoms with Crippen LogP contribution < -0.4 is 10.9 Å². The maximum absolute atomic E-state index is 14.3. The lowest BCUT2D eigenvalue weighted by Crippen LogP contribution is -2.36. The molecule has 3 aliphatic carbocycles. The van der Waals surface area contributed by atoms with Crippen molar-refractivity contribution >= 4 is 55.9 Å². The molecule has 1 atom stereocenters. The van der Waals surface area contributed by atoms with Gasteiger partial charge in [0.1, 0.15) is 22.7 Å². The smallest absolute Gasteiger partial charge is 0.260 e. The van der Waals surface area contributed by atoms with Crippen LogP contribution in [0.25, 0.3) is 16.8 Å². The largest absolute Gasteiger partial charge is 0.507 e. The van der Waals surface area contributed by atoms with Gasteiger partial charge >= 0.3 is 0 Å². The SMILES string of the molecule is C/C=C/C=C/c1cc2c(Br)c3c(c(O)c2c(=O)[nH]1)[C@@]1(CC3)C(=O)c2c(O)c3c(c(O)c2C1=O)C(=O)C(NCCCC)=CC3=O. The number of hydrogen-bond donors (Lipinski definition) is 5. The highest BCUT2D eigenvalue weighted by Gasteiger charge is 2.62. The molecule has 0 saturated carbocycles. The van der Waals surface area contributed by atoms with Crippen LogP contribution in [0, 0.1) is 0 Å². The molecule has 0 radical (unpaired) electrons. The van der Waals surface area contributed by atoms with Crippen LogP contribution in [0.4, 0.5) is 0 Å². The Balaban J connectivity index is 1.55. The Morgan fingerprint density at radius 1 is 0.977 bits per heavy atom. The molecule has 5 N–H and O–H groups in total. The first-order valence-corrected chi connectivity index (χ1v) is 15.0. The third kappa shape index (κ3) is 3.81. The van der Waals surface area contributed by atoms with Crippen molar-refractivity contribution in [1.82, 2.24) is 10.3 Å². The molecule has 6 rings (SSSR count). The molecule has 0 aliphatic heterocycles. The summed E-state index contributed by atoms with van der Waals surface area (Å²) in [4.78, 5) is 70.9. The van der Waals surface area contributed by atoms with Gasteiger partial charge in [-0.05, 0) is 59.8 Å². The molecule has 1 heterocycles. The van der Waals surface area contributed by atoms with Crippen LogP contribution in [0.2, 0.25) is 0 Å². The molecule has 1 spiro atoms. The summed E-state index contributed by atoms with van der Waals surface area (Å²) in [5.74, 6) is -5.83. The zero-order chi connectivity index (χ0) is 31.7. The number of hydrogen-bond acceptors (Lipinski definition) is 9. The average Bonchev–Trinajstić information content (AvgIpc) is 3.50. The normalized spacial score (nSPS) is 19.0. The Morgan fingerprint density at radius 2 is 1.66 bits per heavy atom. The summed E-state index contributed by atoms with van der Waals surface area (Å²) in [6, 6.07) is 1.65. The molecule has 11 heteroatoms. The molecule has 44 heavy (non-hydrogen) atoms. The number of allylic oxidation sites excluding steroid dienone is 5. The van der Waals surface area contributed by atoms with Crippen LogP contribution in [0.15, 0.2) is 45.3 Å². The predicted octanol–water partition coefficient (Wildman–Crippen LogP) is 4.91. The van der Waals surface area contributed by atoms with Crippen molar-refractivity contribution in [3.8, 4) is 17.2 Å². The van der Waals surface area contributed by atoms with Gasteiger partial charge in [0.15, 0.2) is 17.3 Å². The minimum Gasteiger partial charge on any atom is -0.507 e. The van der Waals surface area contributed by atoms with Crippen LogP contribution in [-0.4, -0.2) is 50.0 Å². The van der Waals surface area contributed by atoms with Crippen molar-refractivity contribution in [2.45, 2.75) is 44.9 Å². The van der Waals surface area contributed by atoms with E-state index >= 15 is 0 Å². The molecular weight excluding hydrogens is 632 g/mol. The first-order chi connectivity index (χ1) is 21.0. The van der Waals surface area contributed by atoms with Crippen molar-refractivity contribution in [2.24, 2.45) is 0 Å². The van der Waals surface area contributed by atoms with E-state index < -0.39 is 73.6 Å². The molecule has 3 aromatic rings. The fourth-order valence-electron chi connectivity index (χ4n) is 6.57. The van der Waals surface area contributed by atoms with E-state index in [4.69, 9.17) is 0 Å². The van der Waals surface area contributed by atoms with Gasteiger partial charge in [0, 0.05) is 33.7 Å². The lowest BCUT2D eigenvalue weighted by molar-refractivity contribution is 0.0790. The van der Waals surface area contributed by atoms with Gasteiger partial charge in [0.2, 0.25) is 5.78 Å². The summed E-state index contributed by atoms with van der Waals surface area (Å²) < 4.78 is 0.408. The number of aromatic amines is 1. The first-order valence-electron chi connectivity index (χ1n) is 14.2. The Bertz CT molecular complexity index is 2030. The second kappa shape index (κ2) is 10.4. The third-order valence-corrected chi connectivity index (χ3v) is 9.51. The monoisotopic (exact) mass is 658 g/mol. The number of benzene rings is 2. The minimum atomic E-state index is -2.10. The van der Waals surface area contributed by atoms with Crippen molar-refractivity contribution in [2.75, 3.05) is 6.54 Å². The molecular formula is C33H27BrN2O8. The lowest BCUT2D eigenvalue weighted by atomic mass is 9.76. The van der Waals surface area contributed by atoms with E-state index in [1.165, 1.54) is 0 Å². The summed E-state index contributed by atoms with van der Waals surface area (Å²) >= 11 is 3.53. The average molecular weight is 659 g/mol. The molecule has 2 aromatic carbocycles. The summed E-state index contributed by atoms with van der Waals surface area (Å²) in [7, 11) is 0. The number of ketones is 4. The number of aromatic nitrogens is 1. The summed E-state index contributed by atoms with van der Waals surface area (Å²) in [5.41, 5.74) is -4.42. The quantitative estimate of drug-likeness (QED) is 0.107. The van der Waals surface area contributed by atoms with E-state index in [2.05, 4.69) is 26.2 Å². The number of unbranched alkanes of at least 4 members (excludes halogenated alkanes) is 1. The van der Waals surface area contributed by atoms with Gasteiger partial charge in [0.05, 0.1) is 33.3 Å². The Labute approximate surface area is 258 Å². The van der Waals surface area contributed by atoms with Crippen molar-refractivity contribution < 1.29 is 34.5 Å². The van der Waals surface area contributed by atoms with Gasteiger partial charge in [-0.15, -0.1) is 0 Å². The molecule has 0 amide bonds. The lowest BCUT2D eigenvalue weighted by Gasteiger charge is -2.23. The number of rotatable bonds is 6. The van der Waals surface area contributed by atoms with E-state index in [0.717, 1.165) is 12.5 Å². The zero-order valence-electron chi connectivity index (χ0n) is 23.8. The van der Waals surface area contributed by atoms with Gasteiger partial charge in [-0.3, -0.25) is 24.0 Å². The fourth-order valence-corrected chi connectivity index (χ4v) is 7.27. The van der Waals surface area contributed by atoms with Crippen molar-refractivity contribution in [1.29, 1.82) is 0 Å². The van der Waals surface area contributed by atoms with Gasteiger partial charge in [-0.2, -0.15) is 0 Å². The standard InChI is InChI=1S/C33H27BrN2O8/c1-3-5-7-8-14-12-16-19(32(44)36-14)29(41)24-15(25(16)34)9-10-33(24)30(42)22-23(31(33)43)28(40)21-20(27(22)39)18(37)13-17(26(21)38)35-11-6-4-2/h3,5,7-8,12-13,35,39-41H,4,6,9-11H2,1-2H3,(H,36,44)/b5-3+,8-7+/t33-/m0/s1. The van der Waals surface area contributed by atoms with Gasteiger partial charge in [0.25, 0.3) is 5.56 Å². The number of aromatic hydroxyl groups is 3. The van der Waals surface area contributed by atoms with Crippen molar-refractivity contribution in [3.63, 3.8) is 0 Å². The maximum Gasteiger partial charge on any atom is 0.260 e. The number of pyridine rings is 1. The highest BCUT2D eigenvalue weighted by molar-refractivity contribution is 9.10. The molecule has 1 aromatic heterocycles. The van der Waals surface area contributed by atoms with Crippen LogP contribution in [0.5, 0.6) is 17.2 Å². The third-order valence-electron chi connectivity index (χ3n) is 8.60. The Hall–Kier alpha value is -4.77. The fraction of sp³-hybridized carbons (Fsp3) is 0.242. The number of halogens is 1. The van der Waals surface area contributed by atoms with Crippen LogP contribution in [-0.2, 0) is 11.8 Å². The summed E-state index contributed by atoms with van der Waals surface area (Å²) in [6.45, 7) is 4.17. The maximum atomic E-state index is 14.3. The molecule has 3 aliphatic rings. The molecule has 0 saturated heterocycles. The second-order valence-corrected chi connectivity index (χ2v) is 11.8. The number of carbonyl (C=O) groups is 4. The van der Waals surface area contributed by atoms with E-state index in [1.807, 2.05) is 19.9 Å². The Kier molecular flexibility index (Phi) is 6.96. The number of H-pyrrole nitrogens is 1. The summed E-state index contributed by atoms with van der Waals surface area (Å²) in [5, 5.41) is 37.3. The highest BCUT2D eigenvalue weighted by Crippen LogP contribution is 2.58. The minimum absolute atomic E-state index is 0.101. The van der Waals surface area contributed by atoms with E-state index in [9.17, 15) is 39.3 Å². The molecule has 0 unspecified atom stereocenters. The molecule has 0 bridgehead atoms. The molecule has 0 fully saturated rings. The first kappa shape index (κ1) is 29.3. The zero-order valence-corrected chi connectivity index (χ0v) is 25.3. The molecule has 10 nitrogen and oxygen atoms in total. The van der Waals surface area contributed by atoms with Crippen LogP contribution >= 0.6 is 15.9 Å². The highest BCUT2D eigenvalue weighted by atomic mass is 79.9. The molecule has 224 valence electrons. The van der Waals surface area contributed by atoms with E-state index in [1.54, 1.807) is 24.3 Å². The van der Waals surface area contributed by atoms with Gasteiger partial charge < -0.3 is 25.6 Å². The second-order valence-electron chi connectivity index (χ2n) is 11.0. The van der Waals surface area contributed by atoms with Gasteiger partial charge in [-0.25, -0.2) is 0 Å². The van der Waals surface area contributed by atoms with E-state index in [0.29, 0.717) is 34.1 Å². The van der Waals surface area contributed by atoms with Gasteiger partial charge in [-0.1, -0.05) is 31.6 Å². The summed E-state index contributed by atoms with van der Waals surface area (Å²) in [6.07, 6.45) is 9.50. The van der Waals surface area contributed by atoms with E-state index in [-0.39, 0.29) is 29.5 Å². The van der Waals surface area contributed by atoms with Crippen molar-refractivity contribution in [3.05, 3.63) is 90.0 Å². The number of fused-ring (bicyclic) bond motifs is 5. The number of phenolic OH excluding ortho intramolecular Hbond substituents is 3. The Morgan fingerprint density at radius 3 is 2.32 bits per heavy atom. The van der Waals surface area contributed by atoms with Crippen LogP contribution in [0.1, 0.15) is 91.4 Å². The number of carbonyl (C=O) groups excluding carboxylic acids is 4.